The predicted molar refractivity (Wildman–Crippen MR) is 96.4 cm³/mol. The van der Waals surface area contributed by atoms with Gasteiger partial charge in [0.2, 0.25) is 0 Å². The third-order valence-electron chi connectivity index (χ3n) is 3.75. The largest absolute Gasteiger partial charge is 0.336 e. The fraction of sp³-hybridized carbons (Fsp3) is 0.235. The third kappa shape index (κ3) is 4.12. The fourth-order valence-electron chi connectivity index (χ4n) is 2.44. The predicted octanol–water partition coefficient (Wildman–Crippen LogP) is 1.26. The number of anilines is 1. The normalized spacial score (nSPS) is 10.5. The van der Waals surface area contributed by atoms with Crippen molar-refractivity contribution in [2.45, 2.75) is 20.4 Å². The maximum Gasteiger partial charge on any atom is 0.319 e. The number of hydrogen-bond donors (Lipinski definition) is 2. The lowest BCUT2D eigenvalue weighted by Crippen LogP contribution is -2.34. The molecular formula is C17H19N7O2. The molecule has 0 bridgehead atoms. The molecule has 0 spiro atoms. The summed E-state index contributed by atoms with van der Waals surface area (Å²) in [4.78, 5) is 27.8. The number of aromatic nitrogens is 5. The van der Waals surface area contributed by atoms with Gasteiger partial charge in [0, 0.05) is 18.3 Å². The first kappa shape index (κ1) is 17.3. The number of nitrogens with one attached hydrogen (secondary N) is 2. The number of aryl methyl sites for hydroxylation is 2. The van der Waals surface area contributed by atoms with Crippen LogP contribution in [0.15, 0.2) is 47.8 Å². The van der Waals surface area contributed by atoms with Gasteiger partial charge >= 0.3 is 6.03 Å². The molecule has 3 rings (SSSR count). The number of amides is 2. The van der Waals surface area contributed by atoms with Gasteiger partial charge in [0.05, 0.1) is 6.54 Å². The zero-order valence-electron chi connectivity index (χ0n) is 14.5. The van der Waals surface area contributed by atoms with E-state index in [0.717, 1.165) is 16.8 Å². The number of carbonyl (C=O) groups is 1. The van der Waals surface area contributed by atoms with Crippen LogP contribution in [-0.4, -0.2) is 37.1 Å². The molecule has 3 aromatic rings. The molecule has 0 saturated carbocycles. The highest BCUT2D eigenvalue weighted by Gasteiger charge is 2.06. The quantitative estimate of drug-likeness (QED) is 0.718. The maximum atomic E-state index is 12.0. The van der Waals surface area contributed by atoms with Crippen molar-refractivity contribution >= 4 is 11.7 Å². The Kier molecular flexibility index (Phi) is 5.07. The molecule has 1 aromatic carbocycles. The molecule has 2 amide bonds. The summed E-state index contributed by atoms with van der Waals surface area (Å²) in [5.74, 6) is 0.474. The Morgan fingerprint density at radius 1 is 1.19 bits per heavy atom. The van der Waals surface area contributed by atoms with Crippen molar-refractivity contribution in [2.24, 2.45) is 0 Å². The first-order chi connectivity index (χ1) is 12.5. The van der Waals surface area contributed by atoms with Gasteiger partial charge in [-0.25, -0.2) is 19.1 Å². The van der Waals surface area contributed by atoms with Crippen LogP contribution in [0.25, 0.3) is 5.82 Å². The van der Waals surface area contributed by atoms with Gasteiger partial charge in [-0.15, -0.1) is 5.10 Å². The Bertz CT molecular complexity index is 963. The second-order valence-corrected chi connectivity index (χ2v) is 5.79. The van der Waals surface area contributed by atoms with Crippen LogP contribution in [0.3, 0.4) is 0 Å². The lowest BCUT2D eigenvalue weighted by Gasteiger charge is -2.11. The first-order valence-corrected chi connectivity index (χ1v) is 8.08. The van der Waals surface area contributed by atoms with E-state index in [9.17, 15) is 9.59 Å². The number of benzene rings is 1. The summed E-state index contributed by atoms with van der Waals surface area (Å²) in [6.45, 7) is 4.42. The molecule has 0 radical (unpaired) electrons. The minimum Gasteiger partial charge on any atom is -0.336 e. The highest BCUT2D eigenvalue weighted by Crippen LogP contribution is 2.15. The molecule has 9 heteroatoms. The van der Waals surface area contributed by atoms with Crippen molar-refractivity contribution in [1.29, 1.82) is 0 Å². The zero-order chi connectivity index (χ0) is 18.5. The summed E-state index contributed by atoms with van der Waals surface area (Å²) in [5.41, 5.74) is 2.60. The summed E-state index contributed by atoms with van der Waals surface area (Å²) in [5, 5.41) is 13.7. The average Bonchev–Trinajstić information content (AvgIpc) is 3.14. The van der Waals surface area contributed by atoms with E-state index < -0.39 is 0 Å². The lowest BCUT2D eigenvalue weighted by atomic mass is 10.1. The van der Waals surface area contributed by atoms with Crippen molar-refractivity contribution < 1.29 is 4.79 Å². The molecule has 0 saturated heterocycles. The number of rotatable bonds is 5. The summed E-state index contributed by atoms with van der Waals surface area (Å²) >= 11 is 0. The smallest absolute Gasteiger partial charge is 0.319 e. The van der Waals surface area contributed by atoms with Crippen LogP contribution >= 0.6 is 0 Å². The molecule has 2 aromatic heterocycles. The maximum absolute atomic E-state index is 12.0. The standard InChI is InChI=1S/C17H19N7O2/c1-12-3-4-14(13(2)9-12)21-17(26)19-7-8-23-16(25)6-5-15(22-23)24-11-18-10-20-24/h3-6,9-11H,7-8H2,1-2H3,(H2,19,21,26). The number of nitrogens with zero attached hydrogens (tertiary/aromatic N) is 5. The van der Waals surface area contributed by atoms with E-state index in [0.29, 0.717) is 5.82 Å². The molecule has 2 N–H and O–H groups in total. The minimum absolute atomic E-state index is 0.238. The second kappa shape index (κ2) is 7.60. The Morgan fingerprint density at radius 2 is 2.04 bits per heavy atom. The minimum atomic E-state index is -0.336. The van der Waals surface area contributed by atoms with E-state index in [1.165, 1.54) is 28.1 Å². The average molecular weight is 353 g/mol. The van der Waals surface area contributed by atoms with Gasteiger partial charge in [0.25, 0.3) is 5.56 Å². The summed E-state index contributed by atoms with van der Waals surface area (Å²) in [7, 11) is 0. The van der Waals surface area contributed by atoms with Gasteiger partial charge in [-0.05, 0) is 31.5 Å². The second-order valence-electron chi connectivity index (χ2n) is 5.79. The van der Waals surface area contributed by atoms with Crippen LogP contribution in [0.1, 0.15) is 11.1 Å². The molecule has 0 aliphatic carbocycles. The van der Waals surface area contributed by atoms with Gasteiger partial charge < -0.3 is 10.6 Å². The Labute approximate surface area is 149 Å². The molecule has 134 valence electrons. The van der Waals surface area contributed by atoms with Crippen LogP contribution in [0.4, 0.5) is 10.5 Å². The van der Waals surface area contributed by atoms with Crippen LogP contribution in [0, 0.1) is 13.8 Å². The zero-order valence-corrected chi connectivity index (χ0v) is 14.5. The van der Waals surface area contributed by atoms with Crippen molar-refractivity contribution in [1.82, 2.24) is 29.9 Å². The molecular weight excluding hydrogens is 334 g/mol. The summed E-state index contributed by atoms with van der Waals surface area (Å²) < 4.78 is 2.73. The van der Waals surface area contributed by atoms with E-state index in [1.807, 2.05) is 32.0 Å². The molecule has 2 heterocycles. The van der Waals surface area contributed by atoms with Crippen molar-refractivity contribution in [3.8, 4) is 5.82 Å². The first-order valence-electron chi connectivity index (χ1n) is 8.08. The number of carbonyl (C=O) groups excluding carboxylic acids is 1. The molecule has 26 heavy (non-hydrogen) atoms. The van der Waals surface area contributed by atoms with E-state index in [1.54, 1.807) is 6.07 Å². The van der Waals surface area contributed by atoms with Crippen molar-refractivity contribution in [2.75, 3.05) is 11.9 Å². The van der Waals surface area contributed by atoms with Crippen LogP contribution < -0.4 is 16.2 Å². The molecule has 0 unspecified atom stereocenters. The van der Waals surface area contributed by atoms with Gasteiger partial charge in [-0.3, -0.25) is 4.79 Å². The third-order valence-corrected chi connectivity index (χ3v) is 3.75. The van der Waals surface area contributed by atoms with Crippen LogP contribution in [0.5, 0.6) is 0 Å². The van der Waals surface area contributed by atoms with E-state index in [-0.39, 0.29) is 24.7 Å². The molecule has 9 nitrogen and oxygen atoms in total. The monoisotopic (exact) mass is 353 g/mol. The van der Waals surface area contributed by atoms with Crippen LogP contribution in [0.2, 0.25) is 0 Å². The number of hydrogen-bond acceptors (Lipinski definition) is 5. The van der Waals surface area contributed by atoms with E-state index in [4.69, 9.17) is 0 Å². The number of urea groups is 1. The highest BCUT2D eigenvalue weighted by atomic mass is 16.2. The van der Waals surface area contributed by atoms with Crippen molar-refractivity contribution in [3.63, 3.8) is 0 Å². The molecule has 0 fully saturated rings. The van der Waals surface area contributed by atoms with E-state index in [2.05, 4.69) is 25.8 Å². The molecule has 0 aliphatic heterocycles. The SMILES string of the molecule is Cc1ccc(NC(=O)NCCn2nc(-n3cncn3)ccc2=O)c(C)c1. The lowest BCUT2D eigenvalue weighted by molar-refractivity contribution is 0.251. The van der Waals surface area contributed by atoms with Gasteiger partial charge in [-0.1, -0.05) is 17.7 Å². The van der Waals surface area contributed by atoms with Gasteiger partial charge in [0.1, 0.15) is 12.7 Å². The van der Waals surface area contributed by atoms with Crippen LogP contribution in [-0.2, 0) is 6.54 Å². The Morgan fingerprint density at radius 3 is 2.77 bits per heavy atom. The Hall–Kier alpha value is -3.49. The Balaban J connectivity index is 1.58. The van der Waals surface area contributed by atoms with Crippen molar-refractivity contribution in [3.05, 3.63) is 64.5 Å². The summed E-state index contributed by atoms with van der Waals surface area (Å²) in [6, 6.07) is 8.42. The highest BCUT2D eigenvalue weighted by molar-refractivity contribution is 5.90. The summed E-state index contributed by atoms with van der Waals surface area (Å²) in [6.07, 6.45) is 2.88. The van der Waals surface area contributed by atoms with Gasteiger partial charge in [-0.2, -0.15) is 5.10 Å². The van der Waals surface area contributed by atoms with E-state index >= 15 is 0 Å². The fourth-order valence-corrected chi connectivity index (χ4v) is 2.44. The topological polar surface area (TPSA) is 107 Å². The molecule has 0 aliphatic rings. The van der Waals surface area contributed by atoms with Gasteiger partial charge in [0.15, 0.2) is 5.82 Å². The molecule has 0 atom stereocenters.